The number of nitrogens with zero attached hydrogens (tertiary/aromatic N) is 5. The summed E-state index contributed by atoms with van der Waals surface area (Å²) in [6, 6.07) is 13.9. The molecule has 1 aliphatic heterocycles. The first-order valence-electron chi connectivity index (χ1n) is 10.2. The summed E-state index contributed by atoms with van der Waals surface area (Å²) < 4.78 is 0. The molecule has 0 radical (unpaired) electrons. The number of anilines is 3. The van der Waals surface area contributed by atoms with Crippen molar-refractivity contribution in [3.05, 3.63) is 60.6 Å². The standard InChI is InChI=1S/C22H28N8/c1-29-10-12-30(13-11-29)18-5-3-17(4-6-18)27-22-25-9-8-20(28-22)16-2-7-21(26-15-16)19(24)14-23/h2-9,15,19H,10-14,23-24H2,1H3,(H,25,27,28). The van der Waals surface area contributed by atoms with Crippen LogP contribution < -0.4 is 21.7 Å². The molecule has 0 spiro atoms. The molecule has 0 aliphatic carbocycles. The second-order valence-electron chi connectivity index (χ2n) is 7.54. The molecule has 1 fully saturated rings. The topological polar surface area (TPSA) is 109 Å². The van der Waals surface area contributed by atoms with Gasteiger partial charge >= 0.3 is 0 Å². The van der Waals surface area contributed by atoms with Crippen LogP contribution in [0.25, 0.3) is 11.3 Å². The Balaban J connectivity index is 1.44. The first kappa shape index (κ1) is 20.2. The monoisotopic (exact) mass is 404 g/mol. The van der Waals surface area contributed by atoms with Crippen molar-refractivity contribution >= 4 is 17.3 Å². The van der Waals surface area contributed by atoms with Crippen LogP contribution >= 0.6 is 0 Å². The predicted molar refractivity (Wildman–Crippen MR) is 121 cm³/mol. The lowest BCUT2D eigenvalue weighted by atomic mass is 10.1. The van der Waals surface area contributed by atoms with Crippen LogP contribution in [-0.4, -0.2) is 59.6 Å². The molecule has 0 bridgehead atoms. The van der Waals surface area contributed by atoms with Gasteiger partial charge < -0.3 is 26.6 Å². The third kappa shape index (κ3) is 4.73. The number of pyridine rings is 1. The van der Waals surface area contributed by atoms with Crippen LogP contribution in [0.4, 0.5) is 17.3 Å². The van der Waals surface area contributed by atoms with Crippen LogP contribution in [0, 0.1) is 0 Å². The van der Waals surface area contributed by atoms with Gasteiger partial charge in [-0.3, -0.25) is 4.98 Å². The zero-order chi connectivity index (χ0) is 20.9. The Labute approximate surface area is 177 Å². The van der Waals surface area contributed by atoms with E-state index in [4.69, 9.17) is 11.5 Å². The molecule has 1 atom stereocenters. The van der Waals surface area contributed by atoms with E-state index in [2.05, 4.69) is 61.4 Å². The van der Waals surface area contributed by atoms with E-state index in [9.17, 15) is 0 Å². The lowest BCUT2D eigenvalue weighted by Gasteiger charge is -2.34. The largest absolute Gasteiger partial charge is 0.369 e. The van der Waals surface area contributed by atoms with Gasteiger partial charge in [-0.05, 0) is 49.5 Å². The van der Waals surface area contributed by atoms with Gasteiger partial charge in [0.15, 0.2) is 0 Å². The quantitative estimate of drug-likeness (QED) is 0.572. The van der Waals surface area contributed by atoms with E-state index in [0.717, 1.165) is 48.8 Å². The molecule has 0 saturated carbocycles. The van der Waals surface area contributed by atoms with Crippen molar-refractivity contribution in [3.63, 3.8) is 0 Å². The molecular weight excluding hydrogens is 376 g/mol. The molecule has 3 aromatic rings. The van der Waals surface area contributed by atoms with E-state index in [0.29, 0.717) is 12.5 Å². The van der Waals surface area contributed by atoms with Gasteiger partial charge in [0, 0.05) is 62.1 Å². The summed E-state index contributed by atoms with van der Waals surface area (Å²) in [5.41, 5.74) is 16.2. The van der Waals surface area contributed by atoms with Crippen LogP contribution in [-0.2, 0) is 0 Å². The fourth-order valence-corrected chi connectivity index (χ4v) is 3.43. The highest BCUT2D eigenvalue weighted by atomic mass is 15.2. The van der Waals surface area contributed by atoms with Crippen molar-refractivity contribution in [2.24, 2.45) is 11.5 Å². The lowest BCUT2D eigenvalue weighted by Crippen LogP contribution is -2.44. The number of hydrogen-bond donors (Lipinski definition) is 3. The first-order valence-corrected chi connectivity index (χ1v) is 10.2. The Bertz CT molecular complexity index is 950. The van der Waals surface area contributed by atoms with Crippen molar-refractivity contribution in [1.29, 1.82) is 0 Å². The smallest absolute Gasteiger partial charge is 0.227 e. The maximum atomic E-state index is 5.93. The number of hydrogen-bond acceptors (Lipinski definition) is 8. The number of nitrogens with two attached hydrogens (primary N) is 2. The normalized spacial score (nSPS) is 15.8. The SMILES string of the molecule is CN1CCN(c2ccc(Nc3nccc(-c4ccc(C(N)CN)nc4)n3)cc2)CC1. The molecule has 8 nitrogen and oxygen atoms in total. The summed E-state index contributed by atoms with van der Waals surface area (Å²) in [7, 11) is 2.16. The summed E-state index contributed by atoms with van der Waals surface area (Å²) in [6.07, 6.45) is 3.50. The summed E-state index contributed by atoms with van der Waals surface area (Å²) in [5.74, 6) is 0.544. The summed E-state index contributed by atoms with van der Waals surface area (Å²) >= 11 is 0. The van der Waals surface area contributed by atoms with Crippen molar-refractivity contribution in [3.8, 4) is 11.3 Å². The third-order valence-corrected chi connectivity index (χ3v) is 5.36. The van der Waals surface area contributed by atoms with Crippen molar-refractivity contribution in [1.82, 2.24) is 19.9 Å². The van der Waals surface area contributed by atoms with Gasteiger partial charge in [0.1, 0.15) is 0 Å². The maximum Gasteiger partial charge on any atom is 0.227 e. The molecule has 1 aromatic carbocycles. The highest BCUT2D eigenvalue weighted by Crippen LogP contribution is 2.23. The molecule has 1 aliphatic rings. The van der Waals surface area contributed by atoms with Gasteiger partial charge in [-0.15, -0.1) is 0 Å². The Morgan fingerprint density at radius 2 is 1.77 bits per heavy atom. The molecule has 4 rings (SSSR count). The van der Waals surface area contributed by atoms with Crippen LogP contribution in [0.3, 0.4) is 0 Å². The van der Waals surface area contributed by atoms with Crippen LogP contribution in [0.1, 0.15) is 11.7 Å². The number of rotatable bonds is 6. The zero-order valence-electron chi connectivity index (χ0n) is 17.2. The van der Waals surface area contributed by atoms with Gasteiger partial charge in [-0.25, -0.2) is 9.97 Å². The number of piperazine rings is 1. The molecule has 3 heterocycles. The van der Waals surface area contributed by atoms with E-state index in [-0.39, 0.29) is 6.04 Å². The minimum absolute atomic E-state index is 0.254. The molecular formula is C22H28N8. The van der Waals surface area contributed by atoms with E-state index < -0.39 is 0 Å². The number of aromatic nitrogens is 3. The van der Waals surface area contributed by atoms with E-state index in [1.165, 1.54) is 5.69 Å². The van der Waals surface area contributed by atoms with Crippen molar-refractivity contribution in [2.45, 2.75) is 6.04 Å². The highest BCUT2D eigenvalue weighted by Gasteiger charge is 2.14. The minimum atomic E-state index is -0.254. The Hall–Kier alpha value is -3.07. The molecule has 156 valence electrons. The van der Waals surface area contributed by atoms with Gasteiger partial charge in [0.05, 0.1) is 17.4 Å². The second-order valence-corrected chi connectivity index (χ2v) is 7.54. The molecule has 8 heteroatoms. The lowest BCUT2D eigenvalue weighted by molar-refractivity contribution is 0.313. The van der Waals surface area contributed by atoms with Crippen LogP contribution in [0.5, 0.6) is 0 Å². The Morgan fingerprint density at radius 3 is 2.43 bits per heavy atom. The van der Waals surface area contributed by atoms with Gasteiger partial charge in [0.2, 0.25) is 5.95 Å². The average molecular weight is 405 g/mol. The fourth-order valence-electron chi connectivity index (χ4n) is 3.43. The van der Waals surface area contributed by atoms with E-state index in [1.807, 2.05) is 18.2 Å². The number of benzene rings is 1. The minimum Gasteiger partial charge on any atom is -0.369 e. The van der Waals surface area contributed by atoms with Crippen molar-refractivity contribution in [2.75, 3.05) is 50.0 Å². The molecule has 30 heavy (non-hydrogen) atoms. The molecule has 0 amide bonds. The van der Waals surface area contributed by atoms with Gasteiger partial charge in [-0.2, -0.15) is 0 Å². The second kappa shape index (κ2) is 9.17. The number of nitrogens with one attached hydrogen (secondary N) is 1. The highest BCUT2D eigenvalue weighted by molar-refractivity contribution is 5.63. The maximum absolute atomic E-state index is 5.93. The Morgan fingerprint density at radius 1 is 1.00 bits per heavy atom. The van der Waals surface area contributed by atoms with Gasteiger partial charge in [-0.1, -0.05) is 0 Å². The van der Waals surface area contributed by atoms with Crippen LogP contribution in [0.2, 0.25) is 0 Å². The predicted octanol–water partition coefficient (Wildman–Crippen LogP) is 1.99. The van der Waals surface area contributed by atoms with Gasteiger partial charge in [0.25, 0.3) is 0 Å². The number of likely N-dealkylation sites (N-methyl/N-ethyl adjacent to an activating group) is 1. The summed E-state index contributed by atoms with van der Waals surface area (Å²) in [5, 5.41) is 3.28. The Kier molecular flexibility index (Phi) is 6.18. The zero-order valence-corrected chi connectivity index (χ0v) is 17.2. The fraction of sp³-hybridized carbons (Fsp3) is 0.318. The third-order valence-electron chi connectivity index (χ3n) is 5.36. The summed E-state index contributed by atoms with van der Waals surface area (Å²) in [4.78, 5) is 18.1. The molecule has 1 saturated heterocycles. The molecule has 1 unspecified atom stereocenters. The van der Waals surface area contributed by atoms with E-state index >= 15 is 0 Å². The molecule has 2 aromatic heterocycles. The van der Waals surface area contributed by atoms with E-state index in [1.54, 1.807) is 12.4 Å². The molecule has 5 N–H and O–H groups in total. The first-order chi connectivity index (χ1) is 14.6. The summed E-state index contributed by atoms with van der Waals surface area (Å²) in [6.45, 7) is 4.65. The van der Waals surface area contributed by atoms with Crippen LogP contribution in [0.15, 0.2) is 54.9 Å². The average Bonchev–Trinajstić information content (AvgIpc) is 2.80. The van der Waals surface area contributed by atoms with Crippen molar-refractivity contribution < 1.29 is 0 Å².